The number of benzene rings is 1. The van der Waals surface area contributed by atoms with E-state index in [-0.39, 0.29) is 17.6 Å². The van der Waals surface area contributed by atoms with Gasteiger partial charge in [0, 0.05) is 12.4 Å². The molecule has 0 spiro atoms. The number of carboxylic acid groups (broad SMARTS) is 1. The van der Waals surface area contributed by atoms with Gasteiger partial charge in [0.1, 0.15) is 11.3 Å². The second-order valence-electron chi connectivity index (χ2n) is 5.25. The summed E-state index contributed by atoms with van der Waals surface area (Å²) >= 11 is 0. The van der Waals surface area contributed by atoms with Gasteiger partial charge in [-0.2, -0.15) is 0 Å². The second-order valence-corrected chi connectivity index (χ2v) is 5.25. The third kappa shape index (κ3) is 2.70. The topological polar surface area (TPSA) is 83.9 Å². The molecule has 1 N–H and O–H groups in total. The molecule has 0 aliphatic carbocycles. The van der Waals surface area contributed by atoms with Gasteiger partial charge in [0.25, 0.3) is 5.91 Å². The molecule has 0 fully saturated rings. The monoisotopic (exact) mass is 313 g/mol. The first-order valence-corrected chi connectivity index (χ1v) is 7.06. The number of hydrogen-bond acceptors (Lipinski definition) is 4. The molecule has 0 radical (unpaired) electrons. The number of para-hydroxylation sites is 1. The van der Waals surface area contributed by atoms with Crippen molar-refractivity contribution in [2.45, 2.75) is 13.0 Å². The largest absolute Gasteiger partial charge is 0.475 e. The zero-order valence-electron chi connectivity index (χ0n) is 12.6. The summed E-state index contributed by atoms with van der Waals surface area (Å²) in [6, 6.07) is 11.8. The van der Waals surface area contributed by atoms with E-state index in [2.05, 4.69) is 0 Å². The van der Waals surface area contributed by atoms with Crippen LogP contribution >= 0.6 is 0 Å². The number of furan rings is 2. The molecule has 3 rings (SSSR count). The lowest BCUT2D eigenvalue weighted by Gasteiger charge is -2.22. The fraction of sp³-hybridized carbons (Fsp3) is 0.176. The van der Waals surface area contributed by atoms with Gasteiger partial charge in [-0.3, -0.25) is 4.79 Å². The highest BCUT2D eigenvalue weighted by Gasteiger charge is 2.24. The quantitative estimate of drug-likeness (QED) is 0.796. The Morgan fingerprint density at radius 1 is 1.09 bits per heavy atom. The smallest absolute Gasteiger partial charge is 0.371 e. The van der Waals surface area contributed by atoms with E-state index in [1.54, 1.807) is 7.05 Å². The third-order valence-electron chi connectivity index (χ3n) is 3.79. The number of rotatable bonds is 4. The van der Waals surface area contributed by atoms with E-state index < -0.39 is 11.9 Å². The number of hydrogen-bond donors (Lipinski definition) is 1. The molecule has 1 amide bonds. The van der Waals surface area contributed by atoms with Crippen molar-refractivity contribution in [1.82, 2.24) is 4.90 Å². The average molecular weight is 313 g/mol. The molecule has 3 aromatic rings. The molecule has 0 bridgehead atoms. The Labute approximate surface area is 131 Å². The summed E-state index contributed by atoms with van der Waals surface area (Å²) in [5.41, 5.74) is 0.751. The number of amides is 1. The molecule has 6 heteroatoms. The minimum atomic E-state index is -1.21. The fourth-order valence-electron chi connectivity index (χ4n) is 2.32. The van der Waals surface area contributed by atoms with Crippen molar-refractivity contribution in [2.24, 2.45) is 0 Å². The third-order valence-corrected chi connectivity index (χ3v) is 3.79. The summed E-state index contributed by atoms with van der Waals surface area (Å²) < 4.78 is 10.8. The van der Waals surface area contributed by atoms with Crippen LogP contribution in [0.25, 0.3) is 11.0 Å². The lowest BCUT2D eigenvalue weighted by Crippen LogP contribution is -2.29. The lowest BCUT2D eigenvalue weighted by molar-refractivity contribution is 0.0643. The minimum absolute atomic E-state index is 0.0205. The molecule has 1 aromatic carbocycles. The highest BCUT2D eigenvalue weighted by molar-refractivity contribution is 5.93. The van der Waals surface area contributed by atoms with Crippen LogP contribution < -0.4 is 0 Å². The van der Waals surface area contributed by atoms with Crippen molar-refractivity contribution in [3.05, 3.63) is 59.7 Å². The first-order chi connectivity index (χ1) is 11.0. The van der Waals surface area contributed by atoms with Crippen molar-refractivity contribution in [3.63, 3.8) is 0 Å². The van der Waals surface area contributed by atoms with Gasteiger partial charge >= 0.3 is 5.97 Å². The first-order valence-electron chi connectivity index (χ1n) is 7.06. The zero-order valence-corrected chi connectivity index (χ0v) is 12.6. The van der Waals surface area contributed by atoms with E-state index in [1.807, 2.05) is 37.3 Å². The Hall–Kier alpha value is -3.02. The van der Waals surface area contributed by atoms with Crippen LogP contribution in [0.2, 0.25) is 0 Å². The van der Waals surface area contributed by atoms with Crippen molar-refractivity contribution in [3.8, 4) is 0 Å². The number of fused-ring (bicyclic) bond motifs is 1. The van der Waals surface area contributed by atoms with Crippen LogP contribution in [0.1, 0.15) is 39.8 Å². The van der Waals surface area contributed by atoms with E-state index in [0.29, 0.717) is 5.76 Å². The van der Waals surface area contributed by atoms with Gasteiger partial charge in [0.05, 0.1) is 6.04 Å². The molecule has 0 saturated carbocycles. The van der Waals surface area contributed by atoms with E-state index in [9.17, 15) is 9.59 Å². The summed E-state index contributed by atoms with van der Waals surface area (Å²) in [7, 11) is 1.61. The summed E-state index contributed by atoms with van der Waals surface area (Å²) in [5, 5.41) is 9.81. The van der Waals surface area contributed by atoms with Crippen molar-refractivity contribution in [1.29, 1.82) is 0 Å². The number of carboxylic acids is 1. The van der Waals surface area contributed by atoms with E-state index in [0.717, 1.165) is 11.0 Å². The predicted octanol–water partition coefficient (Wildman–Crippen LogP) is 3.56. The molecule has 2 aromatic heterocycles. The molecule has 1 atom stereocenters. The molecule has 1 unspecified atom stereocenters. The van der Waals surface area contributed by atoms with Crippen LogP contribution in [0.5, 0.6) is 0 Å². The lowest BCUT2D eigenvalue weighted by atomic mass is 10.2. The van der Waals surface area contributed by atoms with Crippen LogP contribution in [0.4, 0.5) is 0 Å². The van der Waals surface area contributed by atoms with Crippen LogP contribution in [0.3, 0.4) is 0 Å². The van der Waals surface area contributed by atoms with Crippen molar-refractivity contribution in [2.75, 3.05) is 7.05 Å². The van der Waals surface area contributed by atoms with Crippen molar-refractivity contribution >= 4 is 22.8 Å². The number of aromatic carboxylic acids is 1. The van der Waals surface area contributed by atoms with Gasteiger partial charge in [-0.1, -0.05) is 18.2 Å². The fourth-order valence-corrected chi connectivity index (χ4v) is 2.32. The Morgan fingerprint density at radius 2 is 1.78 bits per heavy atom. The van der Waals surface area contributed by atoms with Crippen LogP contribution in [0, 0.1) is 0 Å². The molecular formula is C17H15NO5. The van der Waals surface area contributed by atoms with Gasteiger partial charge in [-0.15, -0.1) is 0 Å². The maximum absolute atomic E-state index is 12.4. The van der Waals surface area contributed by atoms with Crippen molar-refractivity contribution < 1.29 is 23.5 Å². The minimum Gasteiger partial charge on any atom is -0.475 e. The number of carbonyl (C=O) groups excluding carboxylic acids is 1. The molecule has 2 heterocycles. The molecule has 0 aliphatic heterocycles. The standard InChI is InChI=1S/C17H15NO5/c1-10(15-9-11-5-3-4-6-12(11)22-15)18(2)16(19)13-7-8-14(23-13)17(20)21/h3-10H,1-2H3,(H,20,21). The zero-order chi connectivity index (χ0) is 16.6. The molecule has 6 nitrogen and oxygen atoms in total. The van der Waals surface area contributed by atoms with Gasteiger partial charge in [-0.25, -0.2) is 4.79 Å². The Kier molecular flexibility index (Phi) is 3.65. The first kappa shape index (κ1) is 14.9. The highest BCUT2D eigenvalue weighted by atomic mass is 16.4. The Morgan fingerprint density at radius 3 is 2.43 bits per heavy atom. The number of carbonyl (C=O) groups is 2. The summed E-state index contributed by atoms with van der Waals surface area (Å²) in [5.74, 6) is -1.26. The van der Waals surface area contributed by atoms with E-state index in [1.165, 1.54) is 17.0 Å². The summed E-state index contributed by atoms with van der Waals surface area (Å²) in [6.45, 7) is 1.83. The van der Waals surface area contributed by atoms with E-state index in [4.69, 9.17) is 13.9 Å². The summed E-state index contributed by atoms with van der Waals surface area (Å²) in [4.78, 5) is 24.7. The molecule has 0 saturated heterocycles. The van der Waals surface area contributed by atoms with Gasteiger partial charge in [-0.05, 0) is 31.2 Å². The van der Waals surface area contributed by atoms with E-state index >= 15 is 0 Å². The van der Waals surface area contributed by atoms with Gasteiger partial charge in [0.2, 0.25) is 5.76 Å². The summed E-state index contributed by atoms with van der Waals surface area (Å²) in [6.07, 6.45) is 0. The number of nitrogens with zero attached hydrogens (tertiary/aromatic N) is 1. The van der Waals surface area contributed by atoms with Gasteiger partial charge in [0.15, 0.2) is 5.76 Å². The SMILES string of the molecule is CC(c1cc2ccccc2o1)N(C)C(=O)c1ccc(C(=O)O)o1. The van der Waals surface area contributed by atoms with Gasteiger partial charge < -0.3 is 18.8 Å². The molecule has 23 heavy (non-hydrogen) atoms. The Balaban J connectivity index is 1.84. The normalized spacial score (nSPS) is 12.3. The maximum atomic E-state index is 12.4. The molecule has 0 aliphatic rings. The second kappa shape index (κ2) is 5.64. The van der Waals surface area contributed by atoms with Crippen LogP contribution in [-0.4, -0.2) is 28.9 Å². The van der Waals surface area contributed by atoms with Crippen LogP contribution in [0.15, 0.2) is 51.3 Å². The maximum Gasteiger partial charge on any atom is 0.371 e. The van der Waals surface area contributed by atoms with Crippen LogP contribution in [-0.2, 0) is 0 Å². The molecular weight excluding hydrogens is 298 g/mol. The predicted molar refractivity (Wildman–Crippen MR) is 82.4 cm³/mol. The molecule has 118 valence electrons. The highest BCUT2D eigenvalue weighted by Crippen LogP contribution is 2.27. The Bertz CT molecular complexity index is 843. The average Bonchev–Trinajstić information content (AvgIpc) is 3.19.